The maximum Gasteiger partial charge on any atom is 0.340 e. The number of esters is 1. The van der Waals surface area contributed by atoms with Gasteiger partial charge in [-0.1, -0.05) is 24.8 Å². The Morgan fingerprint density at radius 3 is 2.60 bits per heavy atom. The van der Waals surface area contributed by atoms with Crippen LogP contribution in [0.5, 0.6) is 0 Å². The molecule has 0 N–H and O–H groups in total. The summed E-state index contributed by atoms with van der Waals surface area (Å²) in [5.41, 5.74) is 1.52. The highest BCUT2D eigenvalue weighted by atomic mass is 16.7. The third-order valence-corrected chi connectivity index (χ3v) is 2.28. The highest BCUT2D eigenvalue weighted by Gasteiger charge is 2.22. The lowest BCUT2D eigenvalue weighted by molar-refractivity contribution is -0.184. The van der Waals surface area contributed by atoms with Crippen LogP contribution < -0.4 is 0 Å². The molecule has 0 saturated carbocycles. The number of carbonyl (C=O) groups excluding carboxylic acids is 1. The van der Waals surface area contributed by atoms with Crippen LogP contribution in [0.1, 0.15) is 22.3 Å². The second kappa shape index (κ2) is 4.28. The molecule has 0 aromatic heterocycles. The van der Waals surface area contributed by atoms with Crippen LogP contribution in [0, 0.1) is 0 Å². The van der Waals surface area contributed by atoms with Gasteiger partial charge in [0.2, 0.25) is 6.29 Å². The van der Waals surface area contributed by atoms with Crippen LogP contribution in [0.3, 0.4) is 0 Å². The van der Waals surface area contributed by atoms with E-state index in [4.69, 9.17) is 9.47 Å². The third-order valence-electron chi connectivity index (χ3n) is 2.28. The van der Waals surface area contributed by atoms with Crippen LogP contribution in [-0.4, -0.2) is 18.9 Å². The number of carbonyl (C=O) groups is 1. The standard InChI is InChI=1S/C12H12O3/c1-2-9-3-5-10(6-4-9)12(13)15-11-7-8-14-11/h2-6,11H,1,7-8H2. The maximum atomic E-state index is 11.5. The summed E-state index contributed by atoms with van der Waals surface area (Å²) in [6, 6.07) is 7.09. The SMILES string of the molecule is C=Cc1ccc(C(=O)OC2CCO2)cc1. The molecule has 1 fully saturated rings. The Kier molecular flexibility index (Phi) is 2.83. The Hall–Kier alpha value is -1.61. The van der Waals surface area contributed by atoms with Crippen molar-refractivity contribution in [1.82, 2.24) is 0 Å². The fourth-order valence-electron chi connectivity index (χ4n) is 1.25. The van der Waals surface area contributed by atoms with Gasteiger partial charge in [0.15, 0.2) is 0 Å². The number of hydrogen-bond donors (Lipinski definition) is 0. The molecule has 15 heavy (non-hydrogen) atoms. The Morgan fingerprint density at radius 2 is 2.13 bits per heavy atom. The minimum absolute atomic E-state index is 0.338. The minimum Gasteiger partial charge on any atom is -0.432 e. The summed E-state index contributed by atoms with van der Waals surface area (Å²) < 4.78 is 10.1. The van der Waals surface area contributed by atoms with Gasteiger partial charge in [0.25, 0.3) is 0 Å². The van der Waals surface area contributed by atoms with Crippen molar-refractivity contribution in [1.29, 1.82) is 0 Å². The molecule has 1 heterocycles. The smallest absolute Gasteiger partial charge is 0.340 e. The summed E-state index contributed by atoms with van der Waals surface area (Å²) in [6.45, 7) is 4.31. The van der Waals surface area contributed by atoms with Gasteiger partial charge in [0.1, 0.15) is 0 Å². The molecular formula is C12H12O3. The average Bonchev–Trinajstić information content (AvgIpc) is 2.23. The normalized spacial score (nSPS) is 19.1. The van der Waals surface area contributed by atoms with E-state index in [0.29, 0.717) is 12.2 Å². The summed E-state index contributed by atoms with van der Waals surface area (Å²) >= 11 is 0. The van der Waals surface area contributed by atoms with Gasteiger partial charge in [0, 0.05) is 6.42 Å². The fourth-order valence-corrected chi connectivity index (χ4v) is 1.25. The van der Waals surface area contributed by atoms with Crippen molar-refractivity contribution in [3.63, 3.8) is 0 Å². The summed E-state index contributed by atoms with van der Waals surface area (Å²) in [6.07, 6.45) is 2.16. The molecule has 1 saturated heterocycles. The van der Waals surface area contributed by atoms with Gasteiger partial charge in [-0.15, -0.1) is 0 Å². The lowest BCUT2D eigenvalue weighted by Crippen LogP contribution is -2.31. The first kappa shape index (κ1) is 9.93. The van der Waals surface area contributed by atoms with Crippen LogP contribution in [0.4, 0.5) is 0 Å². The second-order valence-corrected chi connectivity index (χ2v) is 3.32. The van der Waals surface area contributed by atoms with E-state index in [1.54, 1.807) is 18.2 Å². The van der Waals surface area contributed by atoms with Gasteiger partial charge >= 0.3 is 5.97 Å². The van der Waals surface area contributed by atoms with Crippen LogP contribution >= 0.6 is 0 Å². The van der Waals surface area contributed by atoms with Crippen molar-refractivity contribution in [3.8, 4) is 0 Å². The monoisotopic (exact) mass is 204 g/mol. The first-order chi connectivity index (χ1) is 7.29. The van der Waals surface area contributed by atoms with E-state index < -0.39 is 0 Å². The second-order valence-electron chi connectivity index (χ2n) is 3.32. The van der Waals surface area contributed by atoms with Crippen LogP contribution in [0.15, 0.2) is 30.8 Å². The molecule has 1 atom stereocenters. The zero-order chi connectivity index (χ0) is 10.7. The van der Waals surface area contributed by atoms with E-state index in [1.165, 1.54) is 0 Å². The van der Waals surface area contributed by atoms with Gasteiger partial charge < -0.3 is 9.47 Å². The molecule has 1 aromatic carbocycles. The van der Waals surface area contributed by atoms with Gasteiger partial charge in [-0.3, -0.25) is 0 Å². The van der Waals surface area contributed by atoms with E-state index in [9.17, 15) is 4.79 Å². The van der Waals surface area contributed by atoms with Crippen molar-refractivity contribution in [2.24, 2.45) is 0 Å². The zero-order valence-corrected chi connectivity index (χ0v) is 8.31. The fraction of sp³-hybridized carbons (Fsp3) is 0.250. The van der Waals surface area contributed by atoms with E-state index in [-0.39, 0.29) is 12.3 Å². The molecule has 1 aliphatic rings. The molecule has 78 valence electrons. The highest BCUT2D eigenvalue weighted by Crippen LogP contribution is 2.15. The van der Waals surface area contributed by atoms with Crippen molar-refractivity contribution in [2.45, 2.75) is 12.7 Å². The average molecular weight is 204 g/mol. The predicted molar refractivity (Wildman–Crippen MR) is 56.3 cm³/mol. The molecule has 3 nitrogen and oxygen atoms in total. The summed E-state index contributed by atoms with van der Waals surface area (Å²) in [5, 5.41) is 0. The number of ether oxygens (including phenoxy) is 2. The number of benzene rings is 1. The molecule has 0 bridgehead atoms. The van der Waals surface area contributed by atoms with Crippen LogP contribution in [0.2, 0.25) is 0 Å². The first-order valence-electron chi connectivity index (χ1n) is 4.84. The largest absolute Gasteiger partial charge is 0.432 e. The Morgan fingerprint density at radius 1 is 1.47 bits per heavy atom. The van der Waals surface area contributed by atoms with Crippen LogP contribution in [0.25, 0.3) is 6.08 Å². The molecule has 3 heteroatoms. The lowest BCUT2D eigenvalue weighted by atomic mass is 10.1. The van der Waals surface area contributed by atoms with Crippen molar-refractivity contribution in [3.05, 3.63) is 42.0 Å². The molecule has 0 aliphatic carbocycles. The molecule has 1 aliphatic heterocycles. The van der Waals surface area contributed by atoms with Gasteiger partial charge in [0.05, 0.1) is 12.2 Å². The zero-order valence-electron chi connectivity index (χ0n) is 8.31. The topological polar surface area (TPSA) is 35.5 Å². The van der Waals surface area contributed by atoms with E-state index in [2.05, 4.69) is 6.58 Å². The minimum atomic E-state index is -0.350. The van der Waals surface area contributed by atoms with Gasteiger partial charge in [-0.2, -0.15) is 0 Å². The van der Waals surface area contributed by atoms with Gasteiger partial charge in [-0.05, 0) is 17.7 Å². The first-order valence-corrected chi connectivity index (χ1v) is 4.84. The van der Waals surface area contributed by atoms with Crippen LogP contribution in [-0.2, 0) is 9.47 Å². The quantitative estimate of drug-likeness (QED) is 0.708. The highest BCUT2D eigenvalue weighted by molar-refractivity contribution is 5.89. The molecule has 0 radical (unpaired) electrons. The lowest BCUT2D eigenvalue weighted by Gasteiger charge is -2.25. The van der Waals surface area contributed by atoms with Crippen molar-refractivity contribution in [2.75, 3.05) is 6.61 Å². The number of rotatable bonds is 3. The Labute approximate surface area is 88.3 Å². The Bertz CT molecular complexity index is 363. The van der Waals surface area contributed by atoms with E-state index in [0.717, 1.165) is 12.0 Å². The molecule has 2 rings (SSSR count). The van der Waals surface area contributed by atoms with E-state index in [1.807, 2.05) is 12.1 Å². The summed E-state index contributed by atoms with van der Waals surface area (Å²) in [7, 11) is 0. The van der Waals surface area contributed by atoms with E-state index >= 15 is 0 Å². The molecule has 0 spiro atoms. The predicted octanol–water partition coefficient (Wildman–Crippen LogP) is 2.23. The van der Waals surface area contributed by atoms with Crippen molar-refractivity contribution >= 4 is 12.0 Å². The maximum absolute atomic E-state index is 11.5. The molecule has 1 unspecified atom stereocenters. The summed E-state index contributed by atoms with van der Waals surface area (Å²) in [4.78, 5) is 11.5. The summed E-state index contributed by atoms with van der Waals surface area (Å²) in [5.74, 6) is -0.338. The van der Waals surface area contributed by atoms with Gasteiger partial charge in [-0.25, -0.2) is 4.79 Å². The third kappa shape index (κ3) is 2.25. The molecule has 0 amide bonds. The Balaban J connectivity index is 2.01. The molecule has 1 aromatic rings. The number of hydrogen-bond acceptors (Lipinski definition) is 3. The van der Waals surface area contributed by atoms with Crippen molar-refractivity contribution < 1.29 is 14.3 Å². The molecular weight excluding hydrogens is 192 g/mol.